The number of furan rings is 1. The quantitative estimate of drug-likeness (QED) is 0.853. The summed E-state index contributed by atoms with van der Waals surface area (Å²) in [5.41, 5.74) is 0.562. The third kappa shape index (κ3) is 2.68. The maximum absolute atomic E-state index is 13.3. The van der Waals surface area contributed by atoms with Gasteiger partial charge < -0.3 is 9.73 Å². The smallest absolute Gasteiger partial charge is 0.153 e. The second-order valence-electron chi connectivity index (χ2n) is 4.35. The van der Waals surface area contributed by atoms with Crippen molar-refractivity contribution in [1.82, 2.24) is 5.32 Å². The van der Waals surface area contributed by atoms with Gasteiger partial charge in [0.25, 0.3) is 0 Å². The Balaban J connectivity index is 2.41. The topological polar surface area (TPSA) is 25.2 Å². The van der Waals surface area contributed by atoms with Crippen LogP contribution in [0.3, 0.4) is 0 Å². The van der Waals surface area contributed by atoms with Gasteiger partial charge in [0.05, 0.1) is 11.1 Å². The summed E-state index contributed by atoms with van der Waals surface area (Å²) < 4.78 is 19.0. The third-order valence-corrected chi connectivity index (χ3v) is 3.21. The van der Waals surface area contributed by atoms with Gasteiger partial charge in [-0.3, -0.25) is 0 Å². The van der Waals surface area contributed by atoms with Gasteiger partial charge in [0.2, 0.25) is 0 Å². The summed E-state index contributed by atoms with van der Waals surface area (Å²) in [7, 11) is 0. The van der Waals surface area contributed by atoms with Crippen molar-refractivity contribution in [1.29, 1.82) is 0 Å². The van der Waals surface area contributed by atoms with E-state index in [0.717, 1.165) is 25.1 Å². The van der Waals surface area contributed by atoms with Gasteiger partial charge in [0.1, 0.15) is 11.6 Å². The molecule has 2 rings (SSSR count). The van der Waals surface area contributed by atoms with Crippen LogP contribution in [0, 0.1) is 5.82 Å². The molecule has 0 aliphatic heterocycles. The van der Waals surface area contributed by atoms with Crippen molar-refractivity contribution in [3.05, 3.63) is 34.8 Å². The van der Waals surface area contributed by atoms with Crippen molar-refractivity contribution >= 4 is 22.6 Å². The zero-order chi connectivity index (χ0) is 13.1. The van der Waals surface area contributed by atoms with Crippen LogP contribution in [0.1, 0.15) is 38.5 Å². The second kappa shape index (κ2) is 5.72. The molecule has 1 aromatic carbocycles. The number of rotatable bonds is 5. The molecular weight excluding hydrogens is 253 g/mol. The highest BCUT2D eigenvalue weighted by atomic mass is 35.5. The molecule has 1 atom stereocenters. The van der Waals surface area contributed by atoms with Gasteiger partial charge in [-0.25, -0.2) is 4.39 Å². The Kier molecular flexibility index (Phi) is 4.25. The van der Waals surface area contributed by atoms with E-state index in [-0.39, 0.29) is 11.9 Å². The zero-order valence-electron chi connectivity index (χ0n) is 10.6. The normalized spacial score (nSPS) is 13.1. The number of fused-ring (bicyclic) bond motifs is 1. The van der Waals surface area contributed by atoms with Gasteiger partial charge in [-0.15, -0.1) is 0 Å². The average molecular weight is 270 g/mol. The molecule has 0 bridgehead atoms. The average Bonchev–Trinajstić information content (AvgIpc) is 2.72. The third-order valence-electron chi connectivity index (χ3n) is 2.93. The summed E-state index contributed by atoms with van der Waals surface area (Å²) in [6, 6.07) is 4.75. The molecule has 0 aliphatic carbocycles. The zero-order valence-corrected chi connectivity index (χ0v) is 11.4. The molecule has 2 nitrogen and oxygen atoms in total. The van der Waals surface area contributed by atoms with Gasteiger partial charge in [0, 0.05) is 5.39 Å². The van der Waals surface area contributed by atoms with Crippen LogP contribution in [-0.2, 0) is 0 Å². The Morgan fingerprint density at radius 3 is 2.78 bits per heavy atom. The number of halogens is 2. The highest BCUT2D eigenvalue weighted by Gasteiger charge is 2.16. The minimum absolute atomic E-state index is 0.159. The lowest BCUT2D eigenvalue weighted by atomic mass is 10.1. The number of nitrogens with one attached hydrogen (secondary N) is 1. The Morgan fingerprint density at radius 2 is 2.11 bits per heavy atom. The first kappa shape index (κ1) is 13.4. The first-order valence-electron chi connectivity index (χ1n) is 6.27. The van der Waals surface area contributed by atoms with Crippen molar-refractivity contribution in [3.63, 3.8) is 0 Å². The van der Waals surface area contributed by atoms with Crippen LogP contribution in [0.25, 0.3) is 11.0 Å². The molecule has 2 aromatic rings. The predicted molar refractivity (Wildman–Crippen MR) is 72.5 cm³/mol. The van der Waals surface area contributed by atoms with E-state index < -0.39 is 0 Å². The standard InChI is InChI=1S/C14H17ClFNO/c1-3-5-12(17-4-2)13-7-9-6-10(16)8-11(15)14(9)18-13/h6-8,12,17H,3-5H2,1-2H3. The Labute approximate surface area is 111 Å². The second-order valence-corrected chi connectivity index (χ2v) is 4.76. The molecule has 0 amide bonds. The molecule has 0 saturated heterocycles. The van der Waals surface area contributed by atoms with Crippen molar-refractivity contribution in [2.24, 2.45) is 0 Å². The van der Waals surface area contributed by atoms with E-state index in [2.05, 4.69) is 19.2 Å². The van der Waals surface area contributed by atoms with E-state index in [9.17, 15) is 4.39 Å². The molecule has 1 heterocycles. The lowest BCUT2D eigenvalue weighted by Gasteiger charge is -2.13. The summed E-state index contributed by atoms with van der Waals surface area (Å²) in [5, 5.41) is 4.40. The van der Waals surface area contributed by atoms with E-state index in [4.69, 9.17) is 16.0 Å². The highest BCUT2D eigenvalue weighted by molar-refractivity contribution is 6.34. The Morgan fingerprint density at radius 1 is 1.33 bits per heavy atom. The molecule has 4 heteroatoms. The Bertz CT molecular complexity index is 532. The monoisotopic (exact) mass is 269 g/mol. The molecule has 0 aliphatic rings. The molecule has 0 saturated carbocycles. The SMILES string of the molecule is CCCC(NCC)c1cc2cc(F)cc(Cl)c2o1. The van der Waals surface area contributed by atoms with E-state index in [1.807, 2.05) is 6.07 Å². The van der Waals surface area contributed by atoms with E-state index in [1.54, 1.807) is 0 Å². The molecule has 1 unspecified atom stereocenters. The summed E-state index contributed by atoms with van der Waals surface area (Å²) in [5.74, 6) is 0.483. The van der Waals surface area contributed by atoms with Crippen LogP contribution in [0.5, 0.6) is 0 Å². The van der Waals surface area contributed by atoms with Gasteiger partial charge >= 0.3 is 0 Å². The lowest BCUT2D eigenvalue weighted by Crippen LogP contribution is -2.20. The van der Waals surface area contributed by atoms with E-state index >= 15 is 0 Å². The summed E-state index contributed by atoms with van der Waals surface area (Å²) in [6.45, 7) is 5.04. The number of hydrogen-bond donors (Lipinski definition) is 1. The summed E-state index contributed by atoms with van der Waals surface area (Å²) >= 11 is 5.98. The molecular formula is C14H17ClFNO. The largest absolute Gasteiger partial charge is 0.458 e. The van der Waals surface area contributed by atoms with E-state index in [1.165, 1.54) is 12.1 Å². The van der Waals surface area contributed by atoms with Crippen LogP contribution in [0.2, 0.25) is 5.02 Å². The van der Waals surface area contributed by atoms with Crippen LogP contribution in [-0.4, -0.2) is 6.54 Å². The number of benzene rings is 1. The van der Waals surface area contributed by atoms with Crippen LogP contribution >= 0.6 is 11.6 Å². The first-order chi connectivity index (χ1) is 8.65. The minimum Gasteiger partial charge on any atom is -0.458 e. The fourth-order valence-corrected chi connectivity index (χ4v) is 2.40. The lowest BCUT2D eigenvalue weighted by molar-refractivity contribution is 0.414. The van der Waals surface area contributed by atoms with Gasteiger partial charge in [-0.05, 0) is 31.2 Å². The van der Waals surface area contributed by atoms with Gasteiger partial charge in [0.15, 0.2) is 5.58 Å². The molecule has 0 fully saturated rings. The van der Waals surface area contributed by atoms with Gasteiger partial charge in [-0.2, -0.15) is 0 Å². The van der Waals surface area contributed by atoms with Crippen LogP contribution in [0.4, 0.5) is 4.39 Å². The maximum atomic E-state index is 13.3. The van der Waals surface area contributed by atoms with Crippen molar-refractivity contribution < 1.29 is 8.81 Å². The predicted octanol–water partition coefficient (Wildman–Crippen LogP) is 4.68. The molecule has 0 spiro atoms. The Hall–Kier alpha value is -1.06. The molecule has 98 valence electrons. The molecule has 0 radical (unpaired) electrons. The van der Waals surface area contributed by atoms with Crippen molar-refractivity contribution in [2.45, 2.75) is 32.7 Å². The fraction of sp³-hybridized carbons (Fsp3) is 0.429. The maximum Gasteiger partial charge on any atom is 0.153 e. The van der Waals surface area contributed by atoms with Crippen LogP contribution < -0.4 is 5.32 Å². The summed E-state index contributed by atoms with van der Waals surface area (Å²) in [6.07, 6.45) is 2.03. The van der Waals surface area contributed by atoms with Crippen molar-refractivity contribution in [3.8, 4) is 0 Å². The van der Waals surface area contributed by atoms with Gasteiger partial charge in [-0.1, -0.05) is 31.9 Å². The molecule has 1 N–H and O–H groups in total. The summed E-state index contributed by atoms with van der Waals surface area (Å²) in [4.78, 5) is 0. The first-order valence-corrected chi connectivity index (χ1v) is 6.65. The van der Waals surface area contributed by atoms with E-state index in [0.29, 0.717) is 16.0 Å². The van der Waals surface area contributed by atoms with Crippen molar-refractivity contribution in [2.75, 3.05) is 6.54 Å². The minimum atomic E-state index is -0.338. The number of hydrogen-bond acceptors (Lipinski definition) is 2. The molecule has 1 aromatic heterocycles. The van der Waals surface area contributed by atoms with Crippen LogP contribution in [0.15, 0.2) is 22.6 Å². The highest BCUT2D eigenvalue weighted by Crippen LogP contribution is 2.31. The fourth-order valence-electron chi connectivity index (χ4n) is 2.15. The molecule has 18 heavy (non-hydrogen) atoms.